The second-order valence-corrected chi connectivity index (χ2v) is 6.40. The summed E-state index contributed by atoms with van der Waals surface area (Å²) in [6, 6.07) is 9.76. The lowest BCUT2D eigenvalue weighted by Crippen LogP contribution is -2.29. The van der Waals surface area contributed by atoms with E-state index in [9.17, 15) is 4.79 Å². The molecule has 2 amide bonds. The van der Waals surface area contributed by atoms with Gasteiger partial charge < -0.3 is 5.32 Å². The molecular formula is C17H24N4O. The number of amides is 2. The van der Waals surface area contributed by atoms with Crippen LogP contribution in [0.15, 0.2) is 30.3 Å². The Morgan fingerprint density at radius 2 is 1.86 bits per heavy atom. The van der Waals surface area contributed by atoms with Gasteiger partial charge in [-0.25, -0.2) is 9.48 Å². The smallest absolute Gasteiger partial charge is 0.320 e. The lowest BCUT2D eigenvalue weighted by atomic mass is 9.92. The highest BCUT2D eigenvalue weighted by Gasteiger charge is 2.21. The fraction of sp³-hybridized carbons (Fsp3) is 0.412. The monoisotopic (exact) mass is 300 g/mol. The van der Waals surface area contributed by atoms with Gasteiger partial charge >= 0.3 is 6.03 Å². The van der Waals surface area contributed by atoms with Crippen molar-refractivity contribution in [2.75, 3.05) is 11.9 Å². The second-order valence-electron chi connectivity index (χ2n) is 6.40. The van der Waals surface area contributed by atoms with Crippen LogP contribution in [-0.2, 0) is 5.41 Å². The molecule has 1 aromatic heterocycles. The Morgan fingerprint density at radius 3 is 2.41 bits per heavy atom. The van der Waals surface area contributed by atoms with E-state index in [-0.39, 0.29) is 11.4 Å². The first-order valence-corrected chi connectivity index (χ1v) is 7.53. The Kier molecular flexibility index (Phi) is 4.54. The molecule has 2 aromatic rings. The molecular weight excluding hydrogens is 276 g/mol. The summed E-state index contributed by atoms with van der Waals surface area (Å²) in [5.74, 6) is 0.666. The number of urea groups is 1. The number of carbonyl (C=O) groups excluding carboxylic acids is 1. The predicted octanol–water partition coefficient (Wildman–Crippen LogP) is 3.62. The molecule has 0 unspecified atom stereocenters. The van der Waals surface area contributed by atoms with Gasteiger partial charge in [0.05, 0.1) is 11.4 Å². The summed E-state index contributed by atoms with van der Waals surface area (Å²) < 4.78 is 1.77. The van der Waals surface area contributed by atoms with Crippen molar-refractivity contribution in [3.8, 4) is 5.69 Å². The first-order chi connectivity index (χ1) is 10.3. The van der Waals surface area contributed by atoms with E-state index in [4.69, 9.17) is 0 Å². The van der Waals surface area contributed by atoms with Crippen LogP contribution < -0.4 is 10.6 Å². The highest BCUT2D eigenvalue weighted by Crippen LogP contribution is 2.26. The zero-order chi connectivity index (χ0) is 16.3. The van der Waals surface area contributed by atoms with Crippen molar-refractivity contribution in [1.29, 1.82) is 0 Å². The Balaban J connectivity index is 2.43. The lowest BCUT2D eigenvalue weighted by Gasteiger charge is -2.14. The third-order valence-corrected chi connectivity index (χ3v) is 3.34. The largest absolute Gasteiger partial charge is 0.338 e. The van der Waals surface area contributed by atoms with Crippen LogP contribution in [0.1, 0.15) is 39.0 Å². The summed E-state index contributed by atoms with van der Waals surface area (Å²) in [4.78, 5) is 11.8. The molecule has 0 aliphatic rings. The standard InChI is InChI=1S/C17H24N4O/c1-6-18-16(22)19-15-11-14(17(3,4)5)20-21(15)13-9-7-12(2)8-10-13/h7-11H,6H2,1-5H3,(H2,18,19,22). The third-order valence-electron chi connectivity index (χ3n) is 3.34. The molecule has 0 radical (unpaired) electrons. The van der Waals surface area contributed by atoms with E-state index in [1.165, 1.54) is 5.56 Å². The molecule has 0 atom stereocenters. The molecule has 0 saturated heterocycles. The van der Waals surface area contributed by atoms with Crippen molar-refractivity contribution in [2.45, 2.75) is 40.0 Å². The van der Waals surface area contributed by atoms with Gasteiger partial charge in [0.2, 0.25) is 0 Å². The van der Waals surface area contributed by atoms with Crippen molar-refractivity contribution in [3.05, 3.63) is 41.6 Å². The van der Waals surface area contributed by atoms with E-state index in [1.807, 2.05) is 44.2 Å². The molecule has 0 aliphatic heterocycles. The van der Waals surface area contributed by atoms with Crippen LogP contribution in [0.4, 0.5) is 10.6 Å². The number of aryl methyl sites for hydroxylation is 1. The zero-order valence-electron chi connectivity index (χ0n) is 13.9. The number of hydrogen-bond acceptors (Lipinski definition) is 2. The van der Waals surface area contributed by atoms with Crippen LogP contribution in [0.2, 0.25) is 0 Å². The minimum absolute atomic E-state index is 0.0897. The molecule has 2 N–H and O–H groups in total. The van der Waals surface area contributed by atoms with Crippen LogP contribution in [0.3, 0.4) is 0 Å². The van der Waals surface area contributed by atoms with Crippen molar-refractivity contribution in [1.82, 2.24) is 15.1 Å². The molecule has 0 bridgehead atoms. The Morgan fingerprint density at radius 1 is 1.23 bits per heavy atom. The highest BCUT2D eigenvalue weighted by molar-refractivity contribution is 5.88. The molecule has 118 valence electrons. The molecule has 0 fully saturated rings. The highest BCUT2D eigenvalue weighted by atomic mass is 16.2. The molecule has 5 nitrogen and oxygen atoms in total. The number of nitrogens with zero attached hydrogens (tertiary/aromatic N) is 2. The van der Waals surface area contributed by atoms with Gasteiger partial charge in [0.1, 0.15) is 5.82 Å². The van der Waals surface area contributed by atoms with Gasteiger partial charge in [-0.3, -0.25) is 5.32 Å². The van der Waals surface area contributed by atoms with Crippen LogP contribution in [-0.4, -0.2) is 22.4 Å². The molecule has 0 saturated carbocycles. The summed E-state index contributed by atoms with van der Waals surface area (Å²) >= 11 is 0. The maximum Gasteiger partial charge on any atom is 0.320 e. The van der Waals surface area contributed by atoms with E-state index in [2.05, 4.69) is 36.5 Å². The minimum Gasteiger partial charge on any atom is -0.338 e. The van der Waals surface area contributed by atoms with Gasteiger partial charge in [-0.2, -0.15) is 5.10 Å². The zero-order valence-corrected chi connectivity index (χ0v) is 13.9. The maximum atomic E-state index is 11.8. The average molecular weight is 300 g/mol. The number of rotatable bonds is 3. The molecule has 2 rings (SSSR count). The molecule has 0 spiro atoms. The van der Waals surface area contributed by atoms with Crippen LogP contribution in [0.25, 0.3) is 5.69 Å². The average Bonchev–Trinajstić information content (AvgIpc) is 2.83. The van der Waals surface area contributed by atoms with Gasteiger partial charge in [0, 0.05) is 18.0 Å². The van der Waals surface area contributed by atoms with Crippen LogP contribution >= 0.6 is 0 Å². The summed E-state index contributed by atoms with van der Waals surface area (Å²) in [6.07, 6.45) is 0. The molecule has 1 heterocycles. The van der Waals surface area contributed by atoms with Crippen molar-refractivity contribution < 1.29 is 4.79 Å². The predicted molar refractivity (Wildman–Crippen MR) is 89.7 cm³/mol. The van der Waals surface area contributed by atoms with Crippen LogP contribution in [0, 0.1) is 6.92 Å². The first-order valence-electron chi connectivity index (χ1n) is 7.53. The number of anilines is 1. The number of nitrogens with one attached hydrogen (secondary N) is 2. The summed E-state index contributed by atoms with van der Waals surface area (Å²) in [6.45, 7) is 10.8. The third kappa shape index (κ3) is 3.67. The van der Waals surface area contributed by atoms with Gasteiger partial charge in [-0.15, -0.1) is 0 Å². The van der Waals surface area contributed by atoms with E-state index in [0.717, 1.165) is 11.4 Å². The molecule has 5 heteroatoms. The quantitative estimate of drug-likeness (QED) is 0.909. The maximum absolute atomic E-state index is 11.8. The van der Waals surface area contributed by atoms with E-state index < -0.39 is 0 Å². The number of benzene rings is 1. The number of aromatic nitrogens is 2. The number of hydrogen-bond donors (Lipinski definition) is 2. The molecule has 0 aliphatic carbocycles. The van der Waals surface area contributed by atoms with E-state index >= 15 is 0 Å². The SMILES string of the molecule is CCNC(=O)Nc1cc(C(C)(C)C)nn1-c1ccc(C)cc1. The Bertz CT molecular complexity index is 650. The second kappa shape index (κ2) is 6.22. The van der Waals surface area contributed by atoms with Crippen molar-refractivity contribution in [2.24, 2.45) is 0 Å². The van der Waals surface area contributed by atoms with Gasteiger partial charge in [0.15, 0.2) is 0 Å². The molecule has 1 aromatic carbocycles. The normalized spacial score (nSPS) is 11.3. The minimum atomic E-state index is -0.226. The van der Waals surface area contributed by atoms with Crippen LogP contribution in [0.5, 0.6) is 0 Å². The molecule has 22 heavy (non-hydrogen) atoms. The summed E-state index contributed by atoms with van der Waals surface area (Å²) in [7, 11) is 0. The van der Waals surface area contributed by atoms with Gasteiger partial charge in [-0.1, -0.05) is 38.5 Å². The topological polar surface area (TPSA) is 59.0 Å². The number of carbonyl (C=O) groups is 1. The van der Waals surface area contributed by atoms with Crippen molar-refractivity contribution in [3.63, 3.8) is 0 Å². The Hall–Kier alpha value is -2.30. The summed E-state index contributed by atoms with van der Waals surface area (Å²) in [5.41, 5.74) is 2.95. The van der Waals surface area contributed by atoms with Crippen molar-refractivity contribution >= 4 is 11.8 Å². The van der Waals surface area contributed by atoms with Gasteiger partial charge in [0.25, 0.3) is 0 Å². The fourth-order valence-electron chi connectivity index (χ4n) is 2.04. The van der Waals surface area contributed by atoms with E-state index in [1.54, 1.807) is 4.68 Å². The van der Waals surface area contributed by atoms with E-state index in [0.29, 0.717) is 12.4 Å². The Labute approximate surface area is 131 Å². The first kappa shape index (κ1) is 16.1. The summed E-state index contributed by atoms with van der Waals surface area (Å²) in [5, 5.41) is 10.3. The van der Waals surface area contributed by atoms with Gasteiger partial charge in [-0.05, 0) is 26.0 Å². The fourth-order valence-corrected chi connectivity index (χ4v) is 2.04. The lowest BCUT2D eigenvalue weighted by molar-refractivity contribution is 0.252.